The van der Waals surface area contributed by atoms with Gasteiger partial charge in [-0.05, 0) is 178 Å². The van der Waals surface area contributed by atoms with Gasteiger partial charge < -0.3 is 47.9 Å². The molecule has 0 radical (unpaired) electrons. The molecule has 0 unspecified atom stereocenters. The Morgan fingerprint density at radius 2 is 0.884 bits per heavy atom. The fourth-order valence-corrected chi connectivity index (χ4v) is 10.5. The van der Waals surface area contributed by atoms with E-state index in [1.54, 1.807) is 72.8 Å². The van der Waals surface area contributed by atoms with Crippen molar-refractivity contribution in [2.24, 2.45) is 0 Å². The number of hydrogen-bond donors (Lipinski definition) is 2. The van der Waals surface area contributed by atoms with E-state index in [1.807, 2.05) is 13.8 Å². The molecule has 2 heterocycles. The Bertz CT molecular complexity index is 3870. The quantitative estimate of drug-likeness (QED) is 0.0312. The Kier molecular flexibility index (Phi) is 16.7. The number of furan rings is 2. The molecule has 0 atom stereocenters. The van der Waals surface area contributed by atoms with E-state index in [-0.39, 0.29) is 94.5 Å². The summed E-state index contributed by atoms with van der Waals surface area (Å²) < 4.78 is 75.7. The molecule has 2 amide bonds. The average Bonchev–Trinajstić information content (AvgIpc) is 1.63. The summed E-state index contributed by atoms with van der Waals surface area (Å²) in [7, 11) is 5.45. The largest absolute Gasteiger partial charge is 0.519 e. The van der Waals surface area contributed by atoms with Crippen LogP contribution in [0.5, 0.6) is 34.5 Å². The van der Waals surface area contributed by atoms with Gasteiger partial charge in [0.25, 0.3) is 11.4 Å². The first kappa shape index (κ1) is 58.1. The predicted molar refractivity (Wildman–Crippen MR) is 314 cm³/mol. The van der Waals surface area contributed by atoms with Crippen LogP contribution in [0.4, 0.5) is 25.0 Å². The molecule has 10 rings (SSSR count). The maximum absolute atomic E-state index is 14.8. The van der Waals surface area contributed by atoms with Crippen molar-refractivity contribution in [3.63, 3.8) is 0 Å². The lowest BCUT2D eigenvalue weighted by atomic mass is 9.96. The van der Waals surface area contributed by atoms with Crippen LogP contribution in [-0.4, -0.2) is 56.3 Å². The van der Waals surface area contributed by atoms with Gasteiger partial charge in [0, 0.05) is 35.4 Å². The van der Waals surface area contributed by atoms with Crippen molar-refractivity contribution in [3.05, 3.63) is 222 Å². The number of rotatable bonds is 20. The molecular weight excluding hydrogens is 1110 g/mol. The summed E-state index contributed by atoms with van der Waals surface area (Å²) in [6.07, 6.45) is 5.10. The average molecular weight is 1170 g/mol. The van der Waals surface area contributed by atoms with Crippen molar-refractivity contribution < 1.29 is 70.3 Å². The van der Waals surface area contributed by atoms with Gasteiger partial charge in [-0.3, -0.25) is 29.8 Å². The van der Waals surface area contributed by atoms with Crippen LogP contribution in [0.25, 0.3) is 56.7 Å². The molecule has 2 aliphatic rings. The first-order chi connectivity index (χ1) is 41.4. The van der Waals surface area contributed by atoms with Crippen molar-refractivity contribution in [2.45, 2.75) is 39.8 Å². The third kappa shape index (κ3) is 12.0. The highest BCUT2D eigenvalue weighted by Gasteiger charge is 2.31. The highest BCUT2D eigenvalue weighted by molar-refractivity contribution is 6.10. The number of nitro groups is 2. The number of ether oxygens (including phenoxy) is 6. The van der Waals surface area contributed by atoms with E-state index >= 15 is 0 Å². The molecule has 0 bridgehead atoms. The summed E-state index contributed by atoms with van der Waals surface area (Å²) in [5, 5.41) is 30.3. The normalized spacial score (nSPS) is 13.3. The lowest BCUT2D eigenvalue weighted by Crippen LogP contribution is -2.22. The number of methoxy groups -OCH3 is 4. The number of hydrogen-bond acceptors (Lipinski definition) is 15. The topological polar surface area (TPSA) is 243 Å². The Morgan fingerprint density at radius 3 is 1.22 bits per heavy atom. The SMILES string of the molecule is COc1cc(/C=C2\C(C)=C(CC(=O)NCc3ccco3)c3cc(F)ccc32)cc(OC)c1-c1cc([N+](=O)[O-])ccc1OC(=O)Oc1ccc([N+](=O)[O-])cc1-c1c(OC)cc(/C=C2\C(C)=C(CC(=O)NCc3ccco3)c3cc(F)ccc32)cc1OC. The molecule has 436 valence electrons. The maximum atomic E-state index is 14.8. The first-order valence-corrected chi connectivity index (χ1v) is 26.5. The van der Waals surface area contributed by atoms with E-state index in [2.05, 4.69) is 10.6 Å². The lowest BCUT2D eigenvalue weighted by molar-refractivity contribution is -0.385. The second-order valence-electron chi connectivity index (χ2n) is 19.7. The fourth-order valence-electron chi connectivity index (χ4n) is 10.5. The van der Waals surface area contributed by atoms with Crippen LogP contribution in [-0.2, 0) is 22.7 Å². The zero-order valence-electron chi connectivity index (χ0n) is 47.0. The number of nitro benzene ring substituents is 2. The highest BCUT2D eigenvalue weighted by Crippen LogP contribution is 2.51. The van der Waals surface area contributed by atoms with Gasteiger partial charge in [0.2, 0.25) is 11.8 Å². The number of halogens is 2. The second kappa shape index (κ2) is 24.8. The van der Waals surface area contributed by atoms with E-state index in [1.165, 1.54) is 77.4 Å². The minimum Gasteiger partial charge on any atom is -0.496 e. The third-order valence-corrected chi connectivity index (χ3v) is 14.6. The van der Waals surface area contributed by atoms with E-state index in [0.717, 1.165) is 24.3 Å². The number of non-ortho nitro benzene ring substituents is 2. The lowest BCUT2D eigenvalue weighted by Gasteiger charge is -2.19. The van der Waals surface area contributed by atoms with E-state index in [9.17, 15) is 43.4 Å². The van der Waals surface area contributed by atoms with Gasteiger partial charge in [-0.25, -0.2) is 13.6 Å². The molecule has 8 aromatic rings. The monoisotopic (exact) mass is 1170 g/mol. The molecule has 2 aliphatic carbocycles. The van der Waals surface area contributed by atoms with Crippen LogP contribution in [0.3, 0.4) is 0 Å². The molecule has 21 heteroatoms. The number of carbonyl (C=O) groups is 3. The molecule has 86 heavy (non-hydrogen) atoms. The van der Waals surface area contributed by atoms with Crippen molar-refractivity contribution in [1.82, 2.24) is 10.6 Å². The van der Waals surface area contributed by atoms with E-state index < -0.39 is 39.0 Å². The van der Waals surface area contributed by atoms with Gasteiger partial charge in [-0.1, -0.05) is 12.1 Å². The van der Waals surface area contributed by atoms with Crippen molar-refractivity contribution in [2.75, 3.05) is 28.4 Å². The van der Waals surface area contributed by atoms with Gasteiger partial charge >= 0.3 is 6.16 Å². The summed E-state index contributed by atoms with van der Waals surface area (Å²) in [5.74, 6) is -0.535. The van der Waals surface area contributed by atoms with Crippen molar-refractivity contribution in [3.8, 4) is 56.8 Å². The van der Waals surface area contributed by atoms with Gasteiger partial charge in [0.05, 0.1) is 87.9 Å². The number of carbonyl (C=O) groups excluding carboxylic acids is 3. The predicted octanol–water partition coefficient (Wildman–Crippen LogP) is 14.0. The number of nitrogens with zero attached hydrogens (tertiary/aromatic N) is 2. The Morgan fingerprint density at radius 1 is 0.500 bits per heavy atom. The van der Waals surface area contributed by atoms with Crippen LogP contribution in [0.1, 0.15) is 71.6 Å². The molecule has 0 saturated heterocycles. The molecule has 0 spiro atoms. The van der Waals surface area contributed by atoms with Crippen LogP contribution < -0.4 is 39.1 Å². The summed E-state index contributed by atoms with van der Waals surface area (Å²) >= 11 is 0. The Labute approximate surface area is 489 Å². The molecular formula is C65H52F2N4O15. The Balaban J connectivity index is 0.973. The Hall–Kier alpha value is -11.1. The summed E-state index contributed by atoms with van der Waals surface area (Å²) in [6.45, 7) is 3.96. The van der Waals surface area contributed by atoms with Gasteiger partial charge in [0.1, 0.15) is 57.7 Å². The smallest absolute Gasteiger partial charge is 0.496 e. The van der Waals surface area contributed by atoms with E-state index in [4.69, 9.17) is 37.3 Å². The number of fused-ring (bicyclic) bond motifs is 2. The number of benzene rings is 6. The minimum atomic E-state index is -1.37. The summed E-state index contributed by atoms with van der Waals surface area (Å²) in [6, 6.07) is 28.9. The molecule has 0 aliphatic heterocycles. The zero-order chi connectivity index (χ0) is 60.9. The fraction of sp³-hybridized carbons (Fsp3) is 0.154. The van der Waals surface area contributed by atoms with Crippen molar-refractivity contribution in [1.29, 1.82) is 0 Å². The molecule has 0 fully saturated rings. The highest BCUT2D eigenvalue weighted by atomic mass is 19.1. The summed E-state index contributed by atoms with van der Waals surface area (Å²) in [5.41, 5.74) is 6.70. The molecule has 2 N–H and O–H groups in total. The van der Waals surface area contributed by atoms with Gasteiger partial charge in [-0.2, -0.15) is 0 Å². The van der Waals surface area contributed by atoms with Crippen LogP contribution in [0.2, 0.25) is 0 Å². The van der Waals surface area contributed by atoms with Gasteiger partial charge in [-0.15, -0.1) is 0 Å². The number of nitrogens with one attached hydrogen (secondary N) is 2. The van der Waals surface area contributed by atoms with E-state index in [0.29, 0.717) is 78.3 Å². The molecule has 6 aromatic carbocycles. The molecule has 0 saturated carbocycles. The molecule has 2 aromatic heterocycles. The first-order valence-electron chi connectivity index (χ1n) is 26.5. The van der Waals surface area contributed by atoms with Gasteiger partial charge in [0.15, 0.2) is 0 Å². The third-order valence-electron chi connectivity index (χ3n) is 14.6. The number of amides is 2. The zero-order valence-corrected chi connectivity index (χ0v) is 47.0. The number of allylic oxidation sites excluding steroid dienone is 4. The van der Waals surface area contributed by atoms with Crippen LogP contribution in [0, 0.1) is 31.9 Å². The van der Waals surface area contributed by atoms with Crippen LogP contribution in [0.15, 0.2) is 154 Å². The maximum Gasteiger partial charge on any atom is 0.519 e. The standard InChI is InChI=1S/C65H52F2N4O15/c1-35-47(45-15-11-39(66)27-51(45)49(35)31-61(72)68-33-43-9-7-19-83-43)21-37-23-57(79-3)63(58(24-37)80-4)53-29-41(70(75)76)13-17-55(53)85-65(74)86-56-18-14-42(71(77)78)30-54(56)64-59(81-5)25-38(26-60(64)82-6)22-48-36(2)50(52-28-40(67)12-16-46(48)52)32-62(73)69-34-44-10-8-20-84-44/h7-30H,31-34H2,1-6H3,(H,68,72)(H,69,73)/b47-21+,48-22+. The summed E-state index contributed by atoms with van der Waals surface area (Å²) in [4.78, 5) is 64.0. The van der Waals surface area contributed by atoms with Crippen molar-refractivity contribution >= 4 is 63.8 Å². The molecule has 19 nitrogen and oxygen atoms in total. The second-order valence-corrected chi connectivity index (χ2v) is 19.7. The minimum absolute atomic E-state index is 0.0396. The van der Waals surface area contributed by atoms with Crippen LogP contribution >= 0.6 is 0 Å².